The number of likely N-dealkylation sites (N-methyl/N-ethyl adjacent to an activating group) is 1. The second-order valence-corrected chi connectivity index (χ2v) is 7.05. The molecular formula is C19H26FN3O2. The lowest BCUT2D eigenvalue weighted by Crippen LogP contribution is -2.51. The van der Waals surface area contributed by atoms with Crippen LogP contribution in [0.1, 0.15) is 18.4 Å². The minimum atomic E-state index is -0.337. The molecule has 3 rings (SSSR count). The number of amides is 2. The quantitative estimate of drug-likeness (QED) is 0.830. The Balaban J connectivity index is 1.49. The summed E-state index contributed by atoms with van der Waals surface area (Å²) in [6.07, 6.45) is 1.49. The molecule has 5 nitrogen and oxygen atoms in total. The Labute approximate surface area is 148 Å². The molecule has 136 valence electrons. The smallest absolute Gasteiger partial charge is 0.227 e. The molecule has 2 aliphatic heterocycles. The molecule has 1 aromatic rings. The summed E-state index contributed by atoms with van der Waals surface area (Å²) >= 11 is 0. The van der Waals surface area contributed by atoms with E-state index in [0.717, 1.165) is 26.2 Å². The number of hydrogen-bond acceptors (Lipinski definition) is 3. The summed E-state index contributed by atoms with van der Waals surface area (Å²) in [6.45, 7) is 4.59. The maximum absolute atomic E-state index is 13.7. The van der Waals surface area contributed by atoms with Gasteiger partial charge in [0.2, 0.25) is 11.8 Å². The van der Waals surface area contributed by atoms with Gasteiger partial charge >= 0.3 is 0 Å². The molecular weight excluding hydrogens is 321 g/mol. The van der Waals surface area contributed by atoms with Crippen LogP contribution in [0.4, 0.5) is 4.39 Å². The maximum atomic E-state index is 13.7. The van der Waals surface area contributed by atoms with Crippen molar-refractivity contribution in [2.75, 3.05) is 46.3 Å². The molecule has 0 unspecified atom stereocenters. The highest BCUT2D eigenvalue weighted by Crippen LogP contribution is 2.21. The number of piperazine rings is 1. The van der Waals surface area contributed by atoms with E-state index in [1.807, 2.05) is 4.90 Å². The summed E-state index contributed by atoms with van der Waals surface area (Å²) in [4.78, 5) is 31.0. The highest BCUT2D eigenvalue weighted by molar-refractivity contribution is 5.81. The number of halogens is 1. The van der Waals surface area contributed by atoms with Gasteiger partial charge in [-0.1, -0.05) is 18.2 Å². The lowest BCUT2D eigenvalue weighted by atomic mass is 9.94. The molecule has 25 heavy (non-hydrogen) atoms. The number of nitrogens with zero attached hydrogens (tertiary/aromatic N) is 3. The zero-order chi connectivity index (χ0) is 17.8. The molecule has 6 heteroatoms. The van der Waals surface area contributed by atoms with Crippen LogP contribution < -0.4 is 0 Å². The van der Waals surface area contributed by atoms with Gasteiger partial charge in [0.05, 0.1) is 6.42 Å². The fraction of sp³-hybridized carbons (Fsp3) is 0.579. The average Bonchev–Trinajstić information content (AvgIpc) is 2.64. The minimum absolute atomic E-state index is 0.0147. The first kappa shape index (κ1) is 17.9. The van der Waals surface area contributed by atoms with Gasteiger partial charge in [-0.05, 0) is 31.5 Å². The Bertz CT molecular complexity index is 621. The van der Waals surface area contributed by atoms with E-state index in [2.05, 4.69) is 11.9 Å². The lowest BCUT2D eigenvalue weighted by molar-refractivity contribution is -0.141. The summed E-state index contributed by atoms with van der Waals surface area (Å²) in [6, 6.07) is 6.39. The topological polar surface area (TPSA) is 43.9 Å². The van der Waals surface area contributed by atoms with E-state index in [4.69, 9.17) is 0 Å². The van der Waals surface area contributed by atoms with Crippen LogP contribution in [0.2, 0.25) is 0 Å². The van der Waals surface area contributed by atoms with E-state index in [9.17, 15) is 14.0 Å². The van der Waals surface area contributed by atoms with Crippen molar-refractivity contribution in [1.82, 2.24) is 14.7 Å². The maximum Gasteiger partial charge on any atom is 0.227 e. The van der Waals surface area contributed by atoms with Crippen molar-refractivity contribution >= 4 is 11.8 Å². The standard InChI is InChI=1S/C19H26FN3O2/c1-21-10-12-23(13-11-21)19(25)15-6-8-22(9-7-15)18(24)14-16-4-2-3-5-17(16)20/h2-5,15H,6-14H2,1H3. The molecule has 0 spiro atoms. The molecule has 2 aliphatic rings. The molecule has 0 bridgehead atoms. The molecule has 2 saturated heterocycles. The predicted octanol–water partition coefficient (Wildman–Crippen LogP) is 1.38. The van der Waals surface area contributed by atoms with Crippen LogP contribution in [-0.2, 0) is 16.0 Å². The first-order chi connectivity index (χ1) is 12.0. The van der Waals surface area contributed by atoms with Crippen LogP contribution in [0.3, 0.4) is 0 Å². The number of benzene rings is 1. The third-order valence-electron chi connectivity index (χ3n) is 5.31. The molecule has 1 aromatic carbocycles. The van der Waals surface area contributed by atoms with E-state index in [1.165, 1.54) is 6.07 Å². The summed E-state index contributed by atoms with van der Waals surface area (Å²) in [5.74, 6) is -0.151. The number of carbonyl (C=O) groups excluding carboxylic acids is 2. The Hall–Kier alpha value is -1.95. The van der Waals surface area contributed by atoms with Gasteiger partial charge in [0.25, 0.3) is 0 Å². The Morgan fingerprint density at radius 1 is 1.00 bits per heavy atom. The summed E-state index contributed by atoms with van der Waals surface area (Å²) < 4.78 is 13.7. The van der Waals surface area contributed by atoms with Crippen molar-refractivity contribution in [2.45, 2.75) is 19.3 Å². The highest BCUT2D eigenvalue weighted by Gasteiger charge is 2.31. The van der Waals surface area contributed by atoms with Gasteiger partial charge in [0.15, 0.2) is 0 Å². The number of rotatable bonds is 3. The lowest BCUT2D eigenvalue weighted by Gasteiger charge is -2.37. The Morgan fingerprint density at radius 3 is 2.28 bits per heavy atom. The first-order valence-corrected chi connectivity index (χ1v) is 9.03. The zero-order valence-electron chi connectivity index (χ0n) is 14.8. The minimum Gasteiger partial charge on any atom is -0.342 e. The van der Waals surface area contributed by atoms with Gasteiger partial charge in [-0.15, -0.1) is 0 Å². The average molecular weight is 347 g/mol. The van der Waals surface area contributed by atoms with E-state index < -0.39 is 0 Å². The number of piperidine rings is 1. The normalized spacial score (nSPS) is 19.9. The third kappa shape index (κ3) is 4.37. The van der Waals surface area contributed by atoms with E-state index in [-0.39, 0.29) is 30.0 Å². The molecule has 0 atom stereocenters. The Morgan fingerprint density at radius 2 is 1.64 bits per heavy atom. The van der Waals surface area contributed by atoms with Crippen LogP contribution in [0, 0.1) is 11.7 Å². The molecule has 0 aromatic heterocycles. The second kappa shape index (κ2) is 7.95. The van der Waals surface area contributed by atoms with Crippen LogP contribution >= 0.6 is 0 Å². The van der Waals surface area contributed by atoms with E-state index >= 15 is 0 Å². The van der Waals surface area contributed by atoms with Crippen LogP contribution in [0.5, 0.6) is 0 Å². The molecule has 2 fully saturated rings. The monoisotopic (exact) mass is 347 g/mol. The fourth-order valence-corrected chi connectivity index (χ4v) is 3.58. The molecule has 0 aliphatic carbocycles. The Kier molecular flexibility index (Phi) is 5.68. The van der Waals surface area contributed by atoms with E-state index in [0.29, 0.717) is 31.5 Å². The SMILES string of the molecule is CN1CCN(C(=O)C2CCN(C(=O)Cc3ccccc3F)CC2)CC1. The van der Waals surface area contributed by atoms with Crippen molar-refractivity contribution < 1.29 is 14.0 Å². The second-order valence-electron chi connectivity index (χ2n) is 7.05. The van der Waals surface area contributed by atoms with Gasteiger partial charge in [0, 0.05) is 45.2 Å². The van der Waals surface area contributed by atoms with Gasteiger partial charge in [0.1, 0.15) is 5.82 Å². The van der Waals surface area contributed by atoms with Crippen molar-refractivity contribution in [1.29, 1.82) is 0 Å². The fourth-order valence-electron chi connectivity index (χ4n) is 3.58. The summed E-state index contributed by atoms with van der Waals surface area (Å²) in [5, 5.41) is 0. The number of carbonyl (C=O) groups is 2. The molecule has 0 N–H and O–H groups in total. The molecule has 2 heterocycles. The first-order valence-electron chi connectivity index (χ1n) is 9.03. The summed E-state index contributed by atoms with van der Waals surface area (Å²) in [7, 11) is 2.07. The number of likely N-dealkylation sites (tertiary alicyclic amines) is 1. The van der Waals surface area contributed by atoms with Crippen molar-refractivity contribution in [3.63, 3.8) is 0 Å². The van der Waals surface area contributed by atoms with Gasteiger partial charge in [-0.25, -0.2) is 4.39 Å². The number of hydrogen-bond donors (Lipinski definition) is 0. The zero-order valence-corrected chi connectivity index (χ0v) is 14.8. The van der Waals surface area contributed by atoms with Crippen LogP contribution in [0.25, 0.3) is 0 Å². The predicted molar refractivity (Wildman–Crippen MR) is 93.5 cm³/mol. The third-order valence-corrected chi connectivity index (χ3v) is 5.31. The summed E-state index contributed by atoms with van der Waals surface area (Å²) in [5.41, 5.74) is 0.433. The van der Waals surface area contributed by atoms with Gasteiger partial charge in [-0.3, -0.25) is 9.59 Å². The van der Waals surface area contributed by atoms with Crippen LogP contribution in [0.15, 0.2) is 24.3 Å². The van der Waals surface area contributed by atoms with Gasteiger partial charge in [-0.2, -0.15) is 0 Å². The van der Waals surface area contributed by atoms with Crippen molar-refractivity contribution in [2.24, 2.45) is 5.92 Å². The largest absolute Gasteiger partial charge is 0.342 e. The molecule has 0 radical (unpaired) electrons. The molecule has 0 saturated carbocycles. The highest BCUT2D eigenvalue weighted by atomic mass is 19.1. The van der Waals surface area contributed by atoms with E-state index in [1.54, 1.807) is 23.1 Å². The van der Waals surface area contributed by atoms with Crippen LogP contribution in [-0.4, -0.2) is 72.8 Å². The molecule has 2 amide bonds. The van der Waals surface area contributed by atoms with Crippen molar-refractivity contribution in [3.8, 4) is 0 Å². The van der Waals surface area contributed by atoms with Gasteiger partial charge < -0.3 is 14.7 Å². The van der Waals surface area contributed by atoms with Crippen molar-refractivity contribution in [3.05, 3.63) is 35.6 Å².